The molecule has 2 aliphatic carbocycles. The molecule has 4 nitrogen and oxygen atoms in total. The molecule has 3 aliphatic rings. The molecule has 49 heavy (non-hydrogen) atoms. The number of para-hydroxylation sites is 1. The number of ketones is 1. The maximum atomic E-state index is 14.9. The first-order chi connectivity index (χ1) is 24.0. The van der Waals surface area contributed by atoms with Crippen molar-refractivity contribution < 1.29 is 4.79 Å². The molecule has 11 rings (SSSR count). The van der Waals surface area contributed by atoms with Crippen LogP contribution < -0.4 is 0 Å². The molecule has 2 aromatic heterocycles. The van der Waals surface area contributed by atoms with Gasteiger partial charge in [0.05, 0.1) is 34.0 Å². The van der Waals surface area contributed by atoms with Crippen molar-refractivity contribution in [2.24, 2.45) is 0 Å². The number of carbonyl (C=O) groups excluding carboxylic acids is 1. The van der Waals surface area contributed by atoms with Crippen molar-refractivity contribution in [1.29, 1.82) is 0 Å². The van der Waals surface area contributed by atoms with Crippen LogP contribution >= 0.6 is 0 Å². The van der Waals surface area contributed by atoms with E-state index in [1.54, 1.807) is 6.33 Å². The Morgan fingerprint density at radius 3 is 1.88 bits per heavy atom. The Hall–Kier alpha value is -6.13. The van der Waals surface area contributed by atoms with E-state index in [0.29, 0.717) is 11.1 Å². The first-order valence-corrected chi connectivity index (χ1v) is 16.9. The molecule has 1 aliphatic heterocycles. The van der Waals surface area contributed by atoms with Gasteiger partial charge in [0.15, 0.2) is 5.78 Å². The topological polar surface area (TPSA) is 47.8 Å². The smallest absolute Gasteiger partial charge is 0.193 e. The van der Waals surface area contributed by atoms with Crippen LogP contribution in [0.3, 0.4) is 0 Å². The third kappa shape index (κ3) is 3.13. The third-order valence-electron chi connectivity index (χ3n) is 11.5. The van der Waals surface area contributed by atoms with E-state index in [-0.39, 0.29) is 5.78 Å². The van der Waals surface area contributed by atoms with Crippen LogP contribution in [0.2, 0.25) is 0 Å². The van der Waals surface area contributed by atoms with E-state index in [2.05, 4.69) is 145 Å². The van der Waals surface area contributed by atoms with Crippen LogP contribution in [0.15, 0.2) is 140 Å². The first-order valence-electron chi connectivity index (χ1n) is 16.9. The highest BCUT2D eigenvalue weighted by Crippen LogP contribution is 2.62. The number of aromatic nitrogens is 3. The molecule has 230 valence electrons. The molecule has 0 radical (unpaired) electrons. The Morgan fingerprint density at radius 1 is 0.592 bits per heavy atom. The highest BCUT2D eigenvalue weighted by atomic mass is 16.1. The second kappa shape index (κ2) is 9.06. The third-order valence-corrected chi connectivity index (χ3v) is 11.5. The van der Waals surface area contributed by atoms with Gasteiger partial charge in [0.25, 0.3) is 0 Å². The number of hydrogen-bond acceptors (Lipinski definition) is 3. The molecule has 0 fully saturated rings. The molecule has 0 atom stereocenters. The van der Waals surface area contributed by atoms with Crippen molar-refractivity contribution in [3.8, 4) is 27.9 Å². The Kier molecular flexibility index (Phi) is 4.97. The van der Waals surface area contributed by atoms with Gasteiger partial charge in [0.2, 0.25) is 0 Å². The quantitative estimate of drug-likeness (QED) is 0.179. The molecule has 0 unspecified atom stereocenters. The zero-order valence-corrected chi connectivity index (χ0v) is 27.0. The van der Waals surface area contributed by atoms with Crippen LogP contribution in [0.5, 0.6) is 0 Å². The van der Waals surface area contributed by atoms with Crippen LogP contribution in [-0.2, 0) is 10.8 Å². The number of fused-ring (bicyclic) bond motifs is 15. The number of rotatable bonds is 2. The van der Waals surface area contributed by atoms with Gasteiger partial charge in [0.1, 0.15) is 6.33 Å². The van der Waals surface area contributed by atoms with Crippen molar-refractivity contribution in [3.05, 3.63) is 185 Å². The number of benzene rings is 6. The van der Waals surface area contributed by atoms with Crippen molar-refractivity contribution in [1.82, 2.24) is 14.5 Å². The summed E-state index contributed by atoms with van der Waals surface area (Å²) in [5.74, 6) is 0.0211. The fourth-order valence-electron chi connectivity index (χ4n) is 9.45. The molecule has 0 N–H and O–H groups in total. The molecule has 0 amide bonds. The molecule has 3 heterocycles. The highest BCUT2D eigenvalue weighted by molar-refractivity contribution is 6.17. The molecule has 0 bridgehead atoms. The fraction of sp³-hybridized carbons (Fsp3) is 0.0889. The van der Waals surface area contributed by atoms with Crippen molar-refractivity contribution in [2.45, 2.75) is 24.7 Å². The van der Waals surface area contributed by atoms with Crippen LogP contribution in [-0.4, -0.2) is 20.3 Å². The lowest BCUT2D eigenvalue weighted by Crippen LogP contribution is -2.28. The Bertz CT molecular complexity index is 2720. The second-order valence-electron chi connectivity index (χ2n) is 14.1. The maximum absolute atomic E-state index is 14.9. The van der Waals surface area contributed by atoms with Gasteiger partial charge in [-0.25, -0.2) is 9.97 Å². The van der Waals surface area contributed by atoms with Gasteiger partial charge in [0, 0.05) is 27.3 Å². The number of carbonyl (C=O) groups is 1. The van der Waals surface area contributed by atoms with Gasteiger partial charge in [-0.1, -0.05) is 103 Å². The van der Waals surface area contributed by atoms with Crippen LogP contribution in [0, 0.1) is 0 Å². The molecule has 8 aromatic rings. The monoisotopic (exact) mass is 627 g/mol. The van der Waals surface area contributed by atoms with Crippen LogP contribution in [0.25, 0.3) is 49.7 Å². The van der Waals surface area contributed by atoms with E-state index in [0.717, 1.165) is 38.8 Å². The largest absolute Gasteiger partial charge is 0.306 e. The molecule has 6 aromatic carbocycles. The predicted molar refractivity (Wildman–Crippen MR) is 195 cm³/mol. The van der Waals surface area contributed by atoms with E-state index in [4.69, 9.17) is 4.98 Å². The van der Waals surface area contributed by atoms with E-state index >= 15 is 0 Å². The van der Waals surface area contributed by atoms with Gasteiger partial charge in [-0.2, -0.15) is 0 Å². The SMILES string of the molecule is CC1(C)c2ncncc2-n2c3ccccc3c3cc(C(=O)c4ccc5c(c4)C4(c6ccccc6-c6ccccc64)c4ccccc4-5)cc1c32. The Labute approximate surface area is 283 Å². The van der Waals surface area contributed by atoms with Gasteiger partial charge < -0.3 is 4.57 Å². The lowest BCUT2D eigenvalue weighted by molar-refractivity contribution is 0.103. The van der Waals surface area contributed by atoms with Crippen molar-refractivity contribution >= 4 is 27.6 Å². The average Bonchev–Trinajstić information content (AvgIpc) is 3.75. The minimum Gasteiger partial charge on any atom is -0.306 e. The molecule has 4 heteroatoms. The van der Waals surface area contributed by atoms with Gasteiger partial charge in [-0.05, 0) is 88.2 Å². The summed E-state index contributed by atoms with van der Waals surface area (Å²) in [5.41, 5.74) is 15.6. The summed E-state index contributed by atoms with van der Waals surface area (Å²) in [6.45, 7) is 4.41. The maximum Gasteiger partial charge on any atom is 0.193 e. The first kappa shape index (κ1) is 26.9. The summed E-state index contributed by atoms with van der Waals surface area (Å²) in [4.78, 5) is 24.1. The van der Waals surface area contributed by atoms with E-state index in [9.17, 15) is 4.79 Å². The lowest BCUT2D eigenvalue weighted by atomic mass is 9.70. The summed E-state index contributed by atoms with van der Waals surface area (Å²) in [6.07, 6.45) is 3.54. The predicted octanol–water partition coefficient (Wildman–Crippen LogP) is 9.79. The van der Waals surface area contributed by atoms with E-state index in [1.165, 1.54) is 44.5 Å². The van der Waals surface area contributed by atoms with E-state index in [1.807, 2.05) is 12.3 Å². The molecule has 0 saturated heterocycles. The number of nitrogens with zero attached hydrogens (tertiary/aromatic N) is 3. The molecule has 0 saturated carbocycles. The summed E-state index contributed by atoms with van der Waals surface area (Å²) in [5, 5.41) is 2.19. The second-order valence-corrected chi connectivity index (χ2v) is 14.1. The molecule has 1 spiro atoms. The van der Waals surface area contributed by atoms with Gasteiger partial charge in [-0.3, -0.25) is 4.79 Å². The Balaban J connectivity index is 1.17. The zero-order valence-electron chi connectivity index (χ0n) is 27.0. The minimum absolute atomic E-state index is 0.0211. The summed E-state index contributed by atoms with van der Waals surface area (Å²) in [7, 11) is 0. The zero-order chi connectivity index (χ0) is 32.6. The summed E-state index contributed by atoms with van der Waals surface area (Å²) >= 11 is 0. The van der Waals surface area contributed by atoms with Crippen LogP contribution in [0.1, 0.15) is 63.3 Å². The summed E-state index contributed by atoms with van der Waals surface area (Å²) in [6, 6.07) is 45.3. The van der Waals surface area contributed by atoms with Gasteiger partial charge >= 0.3 is 0 Å². The Morgan fingerprint density at radius 2 is 1.18 bits per heavy atom. The molecular formula is C45H29N3O. The van der Waals surface area contributed by atoms with E-state index < -0.39 is 10.8 Å². The van der Waals surface area contributed by atoms with Crippen LogP contribution in [0.4, 0.5) is 0 Å². The fourth-order valence-corrected chi connectivity index (χ4v) is 9.45. The normalized spacial score (nSPS) is 15.1. The van der Waals surface area contributed by atoms with Crippen molar-refractivity contribution in [2.75, 3.05) is 0 Å². The minimum atomic E-state index is -0.496. The van der Waals surface area contributed by atoms with Crippen molar-refractivity contribution in [3.63, 3.8) is 0 Å². The lowest BCUT2D eigenvalue weighted by Gasteiger charge is -2.33. The average molecular weight is 628 g/mol. The highest BCUT2D eigenvalue weighted by Gasteiger charge is 2.51. The summed E-state index contributed by atoms with van der Waals surface area (Å²) < 4.78 is 2.28. The number of hydrogen-bond donors (Lipinski definition) is 0. The standard InChI is InChI=1S/C45H29N3O/c1-44(2)38-23-27(21-33-32-14-6-10-18-39(32)48(41(33)38)40-24-46-25-47-43(40)44)42(49)26-19-20-31-30-13-5-9-17-36(30)45(37(31)22-26)34-15-7-3-11-28(34)29-12-4-8-16-35(29)45/h3-25H,1-2H3. The van der Waals surface area contributed by atoms with Gasteiger partial charge in [-0.15, -0.1) is 0 Å². The molecular weight excluding hydrogens is 599 g/mol.